The number of benzene rings is 1. The first-order valence-electron chi connectivity index (χ1n) is 7.21. The Morgan fingerprint density at radius 2 is 1.84 bits per heavy atom. The van der Waals surface area contributed by atoms with Crippen molar-refractivity contribution in [3.05, 3.63) is 35.9 Å². The van der Waals surface area contributed by atoms with E-state index in [0.717, 1.165) is 18.4 Å². The Labute approximate surface area is 116 Å². The first kappa shape index (κ1) is 15.7. The van der Waals surface area contributed by atoms with Gasteiger partial charge in [0.05, 0.1) is 12.5 Å². The van der Waals surface area contributed by atoms with E-state index in [9.17, 15) is 4.79 Å². The number of carbonyl (C=O) groups is 1. The van der Waals surface area contributed by atoms with Gasteiger partial charge in [0.1, 0.15) is 0 Å². The Morgan fingerprint density at radius 3 is 2.47 bits per heavy atom. The predicted molar refractivity (Wildman–Crippen MR) is 78.0 cm³/mol. The minimum Gasteiger partial charge on any atom is -0.465 e. The molecule has 1 unspecified atom stereocenters. The lowest BCUT2D eigenvalue weighted by molar-refractivity contribution is -0.145. The molecule has 1 atom stereocenters. The van der Waals surface area contributed by atoms with Gasteiger partial charge in [0.15, 0.2) is 0 Å². The lowest BCUT2D eigenvalue weighted by Crippen LogP contribution is -2.24. The monoisotopic (exact) mass is 263 g/mol. The van der Waals surface area contributed by atoms with E-state index in [1.807, 2.05) is 30.3 Å². The van der Waals surface area contributed by atoms with Crippen LogP contribution in [0.25, 0.3) is 0 Å². The minimum absolute atomic E-state index is 0.204. The normalized spacial score (nSPS) is 12.1. The molecule has 3 heteroatoms. The van der Waals surface area contributed by atoms with Crippen molar-refractivity contribution >= 4 is 5.97 Å². The summed E-state index contributed by atoms with van der Waals surface area (Å²) in [4.78, 5) is 12.0. The highest BCUT2D eigenvalue weighted by Crippen LogP contribution is 2.16. The Kier molecular flexibility index (Phi) is 7.91. The van der Waals surface area contributed by atoms with Crippen LogP contribution in [0.5, 0.6) is 0 Å². The molecule has 1 aromatic carbocycles. The number of rotatable bonds is 9. The summed E-state index contributed by atoms with van der Waals surface area (Å²) in [7, 11) is 0. The number of nitrogens with two attached hydrogens (primary N) is 1. The Hall–Kier alpha value is -1.35. The molecule has 3 nitrogen and oxygen atoms in total. The summed E-state index contributed by atoms with van der Waals surface area (Å²) < 4.78 is 5.31. The third-order valence-electron chi connectivity index (χ3n) is 3.21. The van der Waals surface area contributed by atoms with Crippen LogP contribution in [0.3, 0.4) is 0 Å². The Balaban J connectivity index is 2.31. The largest absolute Gasteiger partial charge is 0.465 e. The van der Waals surface area contributed by atoms with Crippen molar-refractivity contribution in [2.75, 3.05) is 13.2 Å². The van der Waals surface area contributed by atoms with Crippen LogP contribution in [-0.2, 0) is 9.53 Å². The highest BCUT2D eigenvalue weighted by Gasteiger charge is 2.19. The number of ether oxygens (including phenoxy) is 1. The maximum absolute atomic E-state index is 12.0. The second kappa shape index (κ2) is 9.56. The van der Waals surface area contributed by atoms with Crippen LogP contribution in [0.1, 0.15) is 50.5 Å². The Bertz CT molecular complexity index is 351. The van der Waals surface area contributed by atoms with Crippen molar-refractivity contribution in [3.63, 3.8) is 0 Å². The molecule has 106 valence electrons. The third-order valence-corrected chi connectivity index (χ3v) is 3.21. The summed E-state index contributed by atoms with van der Waals surface area (Å²) in [6.45, 7) is 2.98. The second-order valence-electron chi connectivity index (χ2n) is 4.78. The average Bonchev–Trinajstić information content (AvgIpc) is 2.45. The average molecular weight is 263 g/mol. The number of unbranched alkanes of at least 4 members (excludes halogenated alkanes) is 4. The van der Waals surface area contributed by atoms with E-state index in [1.54, 1.807) is 0 Å². The maximum atomic E-state index is 12.0. The SMILES string of the molecule is CCCCCCCOC(=O)C(CN)c1ccccc1. The summed E-state index contributed by atoms with van der Waals surface area (Å²) in [6, 6.07) is 9.59. The molecule has 0 radical (unpaired) electrons. The molecule has 0 amide bonds. The number of hydrogen-bond acceptors (Lipinski definition) is 3. The van der Waals surface area contributed by atoms with Crippen LogP contribution < -0.4 is 5.73 Å². The molecule has 2 N–H and O–H groups in total. The van der Waals surface area contributed by atoms with Crippen LogP contribution in [0, 0.1) is 0 Å². The third kappa shape index (κ3) is 5.88. The smallest absolute Gasteiger partial charge is 0.314 e. The van der Waals surface area contributed by atoms with Gasteiger partial charge in [-0.1, -0.05) is 62.9 Å². The molecule has 0 heterocycles. The van der Waals surface area contributed by atoms with E-state index < -0.39 is 0 Å². The van der Waals surface area contributed by atoms with Crippen molar-refractivity contribution < 1.29 is 9.53 Å². The first-order valence-corrected chi connectivity index (χ1v) is 7.21. The van der Waals surface area contributed by atoms with Gasteiger partial charge in [-0.15, -0.1) is 0 Å². The topological polar surface area (TPSA) is 52.3 Å². The minimum atomic E-state index is -0.336. The zero-order chi connectivity index (χ0) is 13.9. The van der Waals surface area contributed by atoms with Gasteiger partial charge < -0.3 is 10.5 Å². The molecule has 0 bridgehead atoms. The zero-order valence-corrected chi connectivity index (χ0v) is 11.8. The number of hydrogen-bond donors (Lipinski definition) is 1. The van der Waals surface area contributed by atoms with E-state index in [4.69, 9.17) is 10.5 Å². The van der Waals surface area contributed by atoms with Crippen molar-refractivity contribution in [1.82, 2.24) is 0 Å². The summed E-state index contributed by atoms with van der Waals surface area (Å²) in [5.41, 5.74) is 6.61. The molecular formula is C16H25NO2. The van der Waals surface area contributed by atoms with Crippen LogP contribution in [-0.4, -0.2) is 19.1 Å². The van der Waals surface area contributed by atoms with Gasteiger partial charge in [-0.25, -0.2) is 0 Å². The molecule has 0 fully saturated rings. The molecule has 0 saturated carbocycles. The lowest BCUT2D eigenvalue weighted by atomic mass is 10.00. The number of carbonyl (C=O) groups excluding carboxylic acids is 1. The standard InChI is InChI=1S/C16H25NO2/c1-2-3-4-5-9-12-19-16(18)15(13-17)14-10-7-6-8-11-14/h6-8,10-11,15H,2-5,9,12-13,17H2,1H3. The molecule has 1 rings (SSSR count). The molecular weight excluding hydrogens is 238 g/mol. The van der Waals surface area contributed by atoms with Crippen LogP contribution in [0.4, 0.5) is 0 Å². The molecule has 0 aliphatic carbocycles. The molecule has 0 aromatic heterocycles. The van der Waals surface area contributed by atoms with E-state index >= 15 is 0 Å². The summed E-state index contributed by atoms with van der Waals surface area (Å²) in [6.07, 6.45) is 5.76. The van der Waals surface area contributed by atoms with Gasteiger partial charge in [0.25, 0.3) is 0 Å². The summed E-state index contributed by atoms with van der Waals surface area (Å²) in [5, 5.41) is 0. The maximum Gasteiger partial charge on any atom is 0.314 e. The lowest BCUT2D eigenvalue weighted by Gasteiger charge is -2.14. The second-order valence-corrected chi connectivity index (χ2v) is 4.78. The molecule has 0 aliphatic heterocycles. The van der Waals surface area contributed by atoms with Gasteiger partial charge in [-0.05, 0) is 12.0 Å². The van der Waals surface area contributed by atoms with E-state index in [1.165, 1.54) is 19.3 Å². The van der Waals surface area contributed by atoms with Crippen molar-refractivity contribution in [1.29, 1.82) is 0 Å². The highest BCUT2D eigenvalue weighted by molar-refractivity contribution is 5.78. The van der Waals surface area contributed by atoms with Gasteiger partial charge in [0.2, 0.25) is 0 Å². The van der Waals surface area contributed by atoms with Gasteiger partial charge in [0, 0.05) is 6.54 Å². The molecule has 1 aromatic rings. The van der Waals surface area contributed by atoms with Crippen LogP contribution in [0.15, 0.2) is 30.3 Å². The van der Waals surface area contributed by atoms with Gasteiger partial charge in [-0.3, -0.25) is 4.79 Å². The van der Waals surface area contributed by atoms with E-state index in [-0.39, 0.29) is 11.9 Å². The molecule has 19 heavy (non-hydrogen) atoms. The summed E-state index contributed by atoms with van der Waals surface area (Å²) >= 11 is 0. The zero-order valence-electron chi connectivity index (χ0n) is 11.8. The van der Waals surface area contributed by atoms with Crippen molar-refractivity contribution in [2.45, 2.75) is 44.9 Å². The van der Waals surface area contributed by atoms with E-state index in [2.05, 4.69) is 6.92 Å². The number of esters is 1. The fourth-order valence-corrected chi connectivity index (χ4v) is 2.03. The van der Waals surface area contributed by atoms with E-state index in [0.29, 0.717) is 13.2 Å². The van der Waals surface area contributed by atoms with Gasteiger partial charge in [-0.2, -0.15) is 0 Å². The predicted octanol–water partition coefficient (Wildman–Crippen LogP) is 3.24. The molecule has 0 aliphatic rings. The fraction of sp³-hybridized carbons (Fsp3) is 0.562. The van der Waals surface area contributed by atoms with Crippen LogP contribution in [0.2, 0.25) is 0 Å². The molecule has 0 saturated heterocycles. The summed E-state index contributed by atoms with van der Waals surface area (Å²) in [5.74, 6) is -0.541. The van der Waals surface area contributed by atoms with Gasteiger partial charge >= 0.3 is 5.97 Å². The van der Waals surface area contributed by atoms with Crippen molar-refractivity contribution in [3.8, 4) is 0 Å². The first-order chi connectivity index (χ1) is 9.29. The van der Waals surface area contributed by atoms with Crippen LogP contribution >= 0.6 is 0 Å². The van der Waals surface area contributed by atoms with Crippen molar-refractivity contribution in [2.24, 2.45) is 5.73 Å². The molecule has 0 spiro atoms. The quantitative estimate of drug-likeness (QED) is 0.549. The fourth-order valence-electron chi connectivity index (χ4n) is 2.03. The highest BCUT2D eigenvalue weighted by atomic mass is 16.5. The Morgan fingerprint density at radius 1 is 1.16 bits per heavy atom.